The Morgan fingerprint density at radius 3 is 2.28 bits per heavy atom. The molecule has 2 aliphatic rings. The third kappa shape index (κ3) is 3.30. The summed E-state index contributed by atoms with van der Waals surface area (Å²) in [7, 11) is 0. The van der Waals surface area contributed by atoms with Crippen molar-refractivity contribution in [2.45, 2.75) is 31.6 Å². The molecule has 25 heavy (non-hydrogen) atoms. The van der Waals surface area contributed by atoms with Gasteiger partial charge in [-0.3, -0.25) is 0 Å². The number of anilines is 2. The molecule has 1 aromatic heterocycles. The molecule has 1 unspecified atom stereocenters. The molecule has 0 aliphatic carbocycles. The van der Waals surface area contributed by atoms with Gasteiger partial charge >= 0.3 is 0 Å². The zero-order chi connectivity index (χ0) is 17.2. The summed E-state index contributed by atoms with van der Waals surface area (Å²) >= 11 is 0. The largest absolute Gasteiger partial charge is 0.356 e. The van der Waals surface area contributed by atoms with E-state index in [0.29, 0.717) is 6.54 Å². The van der Waals surface area contributed by atoms with Gasteiger partial charge in [-0.25, -0.2) is 18.7 Å². The molecule has 3 heterocycles. The first-order chi connectivity index (χ1) is 12.2. The molecule has 0 radical (unpaired) electrons. The van der Waals surface area contributed by atoms with Crippen LogP contribution in [0.2, 0.25) is 0 Å². The van der Waals surface area contributed by atoms with Crippen molar-refractivity contribution >= 4 is 11.6 Å². The minimum atomic E-state index is -0.455. The van der Waals surface area contributed by atoms with E-state index in [1.54, 1.807) is 6.33 Å². The number of aromatic nitrogens is 2. The molecule has 2 fully saturated rings. The molecule has 1 atom stereocenters. The van der Waals surface area contributed by atoms with Gasteiger partial charge in [-0.1, -0.05) is 6.07 Å². The lowest BCUT2D eigenvalue weighted by atomic mass is 9.97. The fourth-order valence-corrected chi connectivity index (χ4v) is 3.91. The van der Waals surface area contributed by atoms with Crippen molar-refractivity contribution < 1.29 is 8.78 Å². The van der Waals surface area contributed by atoms with E-state index in [-0.39, 0.29) is 11.5 Å². The van der Waals surface area contributed by atoms with Gasteiger partial charge in [-0.2, -0.15) is 0 Å². The van der Waals surface area contributed by atoms with Crippen LogP contribution in [0.15, 0.2) is 30.6 Å². The van der Waals surface area contributed by atoms with Gasteiger partial charge < -0.3 is 9.80 Å². The zero-order valence-electron chi connectivity index (χ0n) is 14.2. The molecule has 0 saturated carbocycles. The van der Waals surface area contributed by atoms with Gasteiger partial charge in [0, 0.05) is 43.7 Å². The Bertz CT molecular complexity index is 726. The highest BCUT2D eigenvalue weighted by atomic mass is 19.1. The summed E-state index contributed by atoms with van der Waals surface area (Å²) in [5.74, 6) is 0.738. The van der Waals surface area contributed by atoms with Crippen LogP contribution in [0.4, 0.5) is 20.4 Å². The van der Waals surface area contributed by atoms with E-state index < -0.39 is 11.6 Å². The van der Waals surface area contributed by atoms with Crippen LogP contribution in [0.3, 0.4) is 0 Å². The zero-order valence-corrected chi connectivity index (χ0v) is 14.2. The van der Waals surface area contributed by atoms with Crippen molar-refractivity contribution in [1.82, 2.24) is 9.97 Å². The highest BCUT2D eigenvalue weighted by Gasteiger charge is 2.29. The second-order valence-electron chi connectivity index (χ2n) is 6.85. The monoisotopic (exact) mass is 344 g/mol. The number of piperidine rings is 1. The summed E-state index contributed by atoms with van der Waals surface area (Å²) < 4.78 is 28.1. The lowest BCUT2D eigenvalue weighted by Crippen LogP contribution is -2.30. The molecule has 0 N–H and O–H groups in total. The average Bonchev–Trinajstić information content (AvgIpc) is 3.12. The molecule has 132 valence electrons. The normalized spacial score (nSPS) is 21.0. The van der Waals surface area contributed by atoms with Crippen LogP contribution >= 0.6 is 0 Å². The van der Waals surface area contributed by atoms with E-state index in [9.17, 15) is 8.78 Å². The number of halogens is 2. The van der Waals surface area contributed by atoms with Crippen LogP contribution in [0, 0.1) is 11.6 Å². The molecule has 2 aromatic rings. The summed E-state index contributed by atoms with van der Waals surface area (Å²) in [4.78, 5) is 13.2. The van der Waals surface area contributed by atoms with E-state index in [1.165, 1.54) is 37.5 Å². The first kappa shape index (κ1) is 16.2. The SMILES string of the molecule is Fc1cccc(F)c1C1CCN(c2cc(N3CCCCC3)ncn2)C1. The minimum absolute atomic E-state index is 0.144. The van der Waals surface area contributed by atoms with Crippen molar-refractivity contribution in [3.8, 4) is 0 Å². The van der Waals surface area contributed by atoms with Gasteiger partial charge in [0.1, 0.15) is 29.6 Å². The Morgan fingerprint density at radius 1 is 0.880 bits per heavy atom. The van der Waals surface area contributed by atoms with Crippen molar-refractivity contribution in [2.24, 2.45) is 0 Å². The number of rotatable bonds is 3. The van der Waals surface area contributed by atoms with Gasteiger partial charge in [0.15, 0.2) is 0 Å². The molecule has 2 aliphatic heterocycles. The van der Waals surface area contributed by atoms with Crippen LogP contribution in [0.5, 0.6) is 0 Å². The van der Waals surface area contributed by atoms with Crippen molar-refractivity contribution in [1.29, 1.82) is 0 Å². The second kappa shape index (κ2) is 6.94. The molecule has 0 bridgehead atoms. The van der Waals surface area contributed by atoms with Crippen molar-refractivity contribution in [2.75, 3.05) is 36.0 Å². The first-order valence-electron chi connectivity index (χ1n) is 8.98. The Balaban J connectivity index is 1.52. The van der Waals surface area contributed by atoms with Crippen LogP contribution in [-0.4, -0.2) is 36.1 Å². The van der Waals surface area contributed by atoms with Crippen molar-refractivity contribution in [3.63, 3.8) is 0 Å². The molecule has 0 spiro atoms. The highest BCUT2D eigenvalue weighted by Crippen LogP contribution is 2.33. The van der Waals surface area contributed by atoms with E-state index in [1.807, 2.05) is 6.07 Å². The smallest absolute Gasteiger partial charge is 0.134 e. The quantitative estimate of drug-likeness (QED) is 0.849. The first-order valence-corrected chi connectivity index (χ1v) is 8.98. The maximum absolute atomic E-state index is 14.0. The van der Waals surface area contributed by atoms with Crippen molar-refractivity contribution in [3.05, 3.63) is 47.8 Å². The number of hydrogen-bond acceptors (Lipinski definition) is 4. The van der Waals surface area contributed by atoms with E-state index in [0.717, 1.165) is 37.7 Å². The fourth-order valence-electron chi connectivity index (χ4n) is 3.91. The number of nitrogens with zero attached hydrogens (tertiary/aromatic N) is 4. The molecule has 2 saturated heterocycles. The van der Waals surface area contributed by atoms with Crippen LogP contribution in [0.25, 0.3) is 0 Å². The fraction of sp³-hybridized carbons (Fsp3) is 0.474. The minimum Gasteiger partial charge on any atom is -0.356 e. The summed E-state index contributed by atoms with van der Waals surface area (Å²) in [5, 5.41) is 0. The Labute approximate surface area is 146 Å². The van der Waals surface area contributed by atoms with Gasteiger partial charge in [-0.05, 0) is 37.8 Å². The predicted octanol–water partition coefficient (Wildman–Crippen LogP) is 3.74. The Hall–Kier alpha value is -2.24. The number of hydrogen-bond donors (Lipinski definition) is 0. The van der Waals surface area contributed by atoms with Crippen LogP contribution < -0.4 is 9.80 Å². The highest BCUT2D eigenvalue weighted by molar-refractivity contribution is 5.51. The Kier molecular flexibility index (Phi) is 4.51. The standard InChI is InChI=1S/C19H22F2N4/c20-15-5-4-6-16(21)19(15)14-7-10-25(12-14)18-11-17(22-13-23-18)24-8-2-1-3-9-24/h4-6,11,13-14H,1-3,7-10,12H2. The van der Waals surface area contributed by atoms with E-state index >= 15 is 0 Å². The second-order valence-corrected chi connectivity index (χ2v) is 6.85. The van der Waals surface area contributed by atoms with Gasteiger partial charge in [0.25, 0.3) is 0 Å². The van der Waals surface area contributed by atoms with Gasteiger partial charge in [0.05, 0.1) is 0 Å². The summed E-state index contributed by atoms with van der Waals surface area (Å²) in [6.45, 7) is 3.38. The van der Waals surface area contributed by atoms with Gasteiger partial charge in [-0.15, -0.1) is 0 Å². The Morgan fingerprint density at radius 2 is 1.56 bits per heavy atom. The third-order valence-electron chi connectivity index (χ3n) is 5.24. The van der Waals surface area contributed by atoms with E-state index in [4.69, 9.17) is 0 Å². The summed E-state index contributed by atoms with van der Waals surface area (Å²) in [6.07, 6.45) is 5.98. The van der Waals surface area contributed by atoms with Gasteiger partial charge in [0.2, 0.25) is 0 Å². The third-order valence-corrected chi connectivity index (χ3v) is 5.24. The molecular weight excluding hydrogens is 322 g/mol. The lowest BCUT2D eigenvalue weighted by Gasteiger charge is -2.28. The predicted molar refractivity (Wildman–Crippen MR) is 94.0 cm³/mol. The molecule has 6 heteroatoms. The maximum Gasteiger partial charge on any atom is 0.134 e. The molecule has 4 nitrogen and oxygen atoms in total. The molecular formula is C19H22F2N4. The molecule has 1 aromatic carbocycles. The molecule has 4 rings (SSSR count). The number of benzene rings is 1. The lowest BCUT2D eigenvalue weighted by molar-refractivity contribution is 0.533. The topological polar surface area (TPSA) is 32.3 Å². The van der Waals surface area contributed by atoms with Crippen LogP contribution in [0.1, 0.15) is 37.2 Å². The average molecular weight is 344 g/mol. The summed E-state index contributed by atoms with van der Waals surface area (Å²) in [5.41, 5.74) is 0.204. The maximum atomic E-state index is 14.0. The molecule has 0 amide bonds. The van der Waals surface area contributed by atoms with Crippen LogP contribution in [-0.2, 0) is 0 Å². The van der Waals surface area contributed by atoms with E-state index in [2.05, 4.69) is 19.8 Å². The summed E-state index contributed by atoms with van der Waals surface area (Å²) in [6, 6.07) is 6.09.